The van der Waals surface area contributed by atoms with Gasteiger partial charge in [-0.15, -0.1) is 0 Å². The molecule has 0 saturated carbocycles. The highest BCUT2D eigenvalue weighted by atomic mass is 32.2. The molecule has 240 valence electrons. The van der Waals surface area contributed by atoms with Crippen LogP contribution in [0.15, 0.2) is 0 Å². The normalized spacial score (nSPS) is 13.8. The number of hydrogen-bond acceptors (Lipinski definition) is 8. The molecule has 0 heterocycles. The number of nitrogens with zero attached hydrogens (tertiary/aromatic N) is 2. The van der Waals surface area contributed by atoms with Gasteiger partial charge in [-0.25, -0.2) is 9.34 Å². The molecule has 7 nitrogen and oxygen atoms in total. The van der Waals surface area contributed by atoms with Gasteiger partial charge in [-0.05, 0) is 86.4 Å². The second-order valence-electron chi connectivity index (χ2n) is 13.5. The predicted molar refractivity (Wildman–Crippen MR) is 180 cm³/mol. The van der Waals surface area contributed by atoms with Crippen LogP contribution in [0.3, 0.4) is 0 Å². The molecule has 0 rings (SSSR count). The highest BCUT2D eigenvalue weighted by molar-refractivity contribution is 8.13. The van der Waals surface area contributed by atoms with E-state index < -0.39 is 16.8 Å². The van der Waals surface area contributed by atoms with Crippen LogP contribution in [0, 0.1) is 0 Å². The first-order valence-electron chi connectivity index (χ1n) is 15.5. The van der Waals surface area contributed by atoms with Crippen molar-refractivity contribution >= 4 is 33.6 Å². The summed E-state index contributed by atoms with van der Waals surface area (Å²) in [6.07, 6.45) is 2.46. The van der Waals surface area contributed by atoms with E-state index in [1.54, 1.807) is 0 Å². The van der Waals surface area contributed by atoms with Gasteiger partial charge in [0.2, 0.25) is 0 Å². The summed E-state index contributed by atoms with van der Waals surface area (Å²) in [7, 11) is -2.79. The zero-order valence-corrected chi connectivity index (χ0v) is 31.6. The number of hydrogen-bond donors (Lipinski definition) is 1. The molecular formula is C30H66N3O4PSSi. The van der Waals surface area contributed by atoms with Crippen molar-refractivity contribution in [1.82, 2.24) is 14.7 Å². The van der Waals surface area contributed by atoms with Gasteiger partial charge in [0.25, 0.3) is 0 Å². The van der Waals surface area contributed by atoms with E-state index in [0.717, 1.165) is 12.8 Å². The monoisotopic (exact) mass is 623 g/mol. The van der Waals surface area contributed by atoms with E-state index in [-0.39, 0.29) is 22.5 Å². The minimum Gasteiger partial charge on any atom is -0.415 e. The maximum atomic E-state index is 12.6. The van der Waals surface area contributed by atoms with Gasteiger partial charge in [-0.2, -0.15) is 0 Å². The number of thioether (sulfide) groups is 1. The number of ether oxygens (including phenoxy) is 1. The molecule has 0 aliphatic carbocycles. The Labute approximate surface area is 255 Å². The van der Waals surface area contributed by atoms with Crippen LogP contribution in [-0.2, 0) is 18.5 Å². The first-order chi connectivity index (χ1) is 18.4. The van der Waals surface area contributed by atoms with Gasteiger partial charge in [0.05, 0.1) is 13.2 Å². The Bertz CT molecular complexity index is 665. The van der Waals surface area contributed by atoms with E-state index >= 15 is 0 Å². The molecule has 1 N–H and O–H groups in total. The zero-order chi connectivity index (χ0) is 31.3. The van der Waals surface area contributed by atoms with Crippen molar-refractivity contribution in [3.8, 4) is 0 Å². The fourth-order valence-electron chi connectivity index (χ4n) is 4.39. The molecule has 0 spiro atoms. The van der Waals surface area contributed by atoms with Crippen LogP contribution < -0.4 is 5.32 Å². The molecule has 10 heteroatoms. The van der Waals surface area contributed by atoms with Crippen molar-refractivity contribution < 1.29 is 18.5 Å². The van der Waals surface area contributed by atoms with Crippen molar-refractivity contribution in [2.45, 2.75) is 157 Å². The Morgan fingerprint density at radius 1 is 0.900 bits per heavy atom. The Balaban J connectivity index is 4.71. The van der Waals surface area contributed by atoms with Crippen molar-refractivity contribution in [3.63, 3.8) is 0 Å². The summed E-state index contributed by atoms with van der Waals surface area (Å²) in [6.45, 7) is 35.7. The standard InChI is InChI=1S/C30H66N3O4PSSi/c1-16-30(17-2,22-37-40(14,15)29(11,12)13)31-19-18-28(34)39-21-20-35-23-36-38(32(24(3)4)25(5)6)33(26(7)8)27(9)10/h24-27,31H,16-23H2,1-15H3. The maximum Gasteiger partial charge on any atom is 0.192 e. The largest absolute Gasteiger partial charge is 0.415 e. The smallest absolute Gasteiger partial charge is 0.192 e. The first kappa shape index (κ1) is 40.4. The molecular weight excluding hydrogens is 557 g/mol. The fraction of sp³-hybridized carbons (Fsp3) is 0.967. The summed E-state index contributed by atoms with van der Waals surface area (Å²) in [5.41, 5.74) is -0.0843. The molecule has 0 radical (unpaired) electrons. The average molecular weight is 624 g/mol. The third-order valence-electron chi connectivity index (χ3n) is 7.95. The molecule has 0 unspecified atom stereocenters. The summed E-state index contributed by atoms with van der Waals surface area (Å²) in [5.74, 6) is 0.636. The minimum atomic E-state index is -1.82. The van der Waals surface area contributed by atoms with Crippen molar-refractivity contribution in [3.05, 3.63) is 0 Å². The van der Waals surface area contributed by atoms with E-state index in [0.29, 0.717) is 56.1 Å². The number of nitrogens with one attached hydrogen (secondary N) is 1. The van der Waals surface area contributed by atoms with Crippen LogP contribution in [0.5, 0.6) is 0 Å². The van der Waals surface area contributed by atoms with Gasteiger partial charge in [0, 0.05) is 48.4 Å². The minimum absolute atomic E-state index is 0.0843. The van der Waals surface area contributed by atoms with Crippen LogP contribution in [0.25, 0.3) is 0 Å². The molecule has 40 heavy (non-hydrogen) atoms. The van der Waals surface area contributed by atoms with Crippen LogP contribution in [0.4, 0.5) is 0 Å². The lowest BCUT2D eigenvalue weighted by Gasteiger charge is -2.45. The van der Waals surface area contributed by atoms with Gasteiger partial charge in [-0.3, -0.25) is 4.79 Å². The van der Waals surface area contributed by atoms with E-state index in [9.17, 15) is 4.79 Å². The Kier molecular flexibility index (Phi) is 19.2. The number of carbonyl (C=O) groups excluding carboxylic acids is 1. The third-order valence-corrected chi connectivity index (χ3v) is 16.3. The highest BCUT2D eigenvalue weighted by Gasteiger charge is 2.39. The fourth-order valence-corrected chi connectivity index (χ4v) is 8.39. The highest BCUT2D eigenvalue weighted by Crippen LogP contribution is 2.50. The van der Waals surface area contributed by atoms with Gasteiger partial charge in [0.15, 0.2) is 28.7 Å². The molecule has 0 aliphatic heterocycles. The quantitative estimate of drug-likeness (QED) is 0.0593. The van der Waals surface area contributed by atoms with E-state index in [1.807, 2.05) is 0 Å². The van der Waals surface area contributed by atoms with Gasteiger partial charge in [-0.1, -0.05) is 46.4 Å². The lowest BCUT2D eigenvalue weighted by atomic mass is 9.94. The average Bonchev–Trinajstić information content (AvgIpc) is 2.81. The summed E-state index contributed by atoms with van der Waals surface area (Å²) < 4.78 is 23.7. The summed E-state index contributed by atoms with van der Waals surface area (Å²) >= 11 is 1.35. The molecule has 0 aromatic carbocycles. The topological polar surface area (TPSA) is 63.3 Å². The van der Waals surface area contributed by atoms with Gasteiger partial charge in [0.1, 0.15) is 0 Å². The van der Waals surface area contributed by atoms with Crippen molar-refractivity contribution in [1.29, 1.82) is 0 Å². The molecule has 0 aromatic rings. The molecule has 0 atom stereocenters. The SMILES string of the molecule is CCC(CC)(CO[Si](C)(C)C(C)(C)C)NCCC(=O)SCCOCOP(N(C(C)C)C(C)C)N(C(C)C)C(C)C. The van der Waals surface area contributed by atoms with E-state index in [4.69, 9.17) is 13.7 Å². The van der Waals surface area contributed by atoms with Gasteiger partial charge >= 0.3 is 0 Å². The molecule has 0 amide bonds. The molecule has 0 fully saturated rings. The summed E-state index contributed by atoms with van der Waals surface area (Å²) in [4.78, 5) is 12.6. The molecule has 0 bridgehead atoms. The van der Waals surface area contributed by atoms with Crippen LogP contribution in [-0.4, -0.2) is 84.8 Å². The van der Waals surface area contributed by atoms with Crippen molar-refractivity contribution in [2.75, 3.05) is 32.3 Å². The number of carbonyl (C=O) groups is 1. The first-order valence-corrected chi connectivity index (χ1v) is 20.5. The predicted octanol–water partition coefficient (Wildman–Crippen LogP) is 8.26. The summed E-state index contributed by atoms with van der Waals surface area (Å²) in [6, 6.07) is 1.47. The summed E-state index contributed by atoms with van der Waals surface area (Å²) in [5, 5.41) is 4.06. The molecule has 0 saturated heterocycles. The second kappa shape index (κ2) is 19.0. The Morgan fingerprint density at radius 2 is 1.38 bits per heavy atom. The lowest BCUT2D eigenvalue weighted by molar-refractivity contribution is -0.111. The van der Waals surface area contributed by atoms with Crippen LogP contribution in [0.2, 0.25) is 18.1 Å². The van der Waals surface area contributed by atoms with Crippen LogP contribution >= 0.6 is 20.2 Å². The lowest BCUT2D eigenvalue weighted by Crippen LogP contribution is -2.53. The molecule has 0 aliphatic rings. The van der Waals surface area contributed by atoms with E-state index in [2.05, 4.69) is 118 Å². The Hall–Kier alpha value is 0.427. The number of rotatable bonds is 21. The van der Waals surface area contributed by atoms with Crippen molar-refractivity contribution in [2.24, 2.45) is 0 Å². The maximum absolute atomic E-state index is 12.6. The third kappa shape index (κ3) is 13.8. The Morgan fingerprint density at radius 3 is 1.77 bits per heavy atom. The van der Waals surface area contributed by atoms with E-state index in [1.165, 1.54) is 11.8 Å². The zero-order valence-electron chi connectivity index (χ0n) is 28.8. The van der Waals surface area contributed by atoms with Crippen LogP contribution in [0.1, 0.15) is 109 Å². The second-order valence-corrected chi connectivity index (χ2v) is 21.1. The van der Waals surface area contributed by atoms with Gasteiger partial charge < -0.3 is 19.0 Å². The molecule has 0 aromatic heterocycles.